The van der Waals surface area contributed by atoms with Crippen LogP contribution in [0.2, 0.25) is 0 Å². The van der Waals surface area contributed by atoms with Gasteiger partial charge in [0.15, 0.2) is 5.78 Å². The third-order valence-corrected chi connectivity index (χ3v) is 3.89. The van der Waals surface area contributed by atoms with Gasteiger partial charge in [0.25, 0.3) is 0 Å². The Morgan fingerprint density at radius 1 is 1.04 bits per heavy atom. The Balaban J connectivity index is 1.85. The summed E-state index contributed by atoms with van der Waals surface area (Å²) in [5, 5.41) is 3.21. The number of anilines is 1. The first kappa shape index (κ1) is 17.7. The Kier molecular flexibility index (Phi) is 6.55. The van der Waals surface area contributed by atoms with Crippen molar-refractivity contribution in [3.63, 3.8) is 0 Å². The molecule has 4 nitrogen and oxygen atoms in total. The molecule has 0 unspecified atom stereocenters. The van der Waals surface area contributed by atoms with Gasteiger partial charge >= 0.3 is 0 Å². The van der Waals surface area contributed by atoms with E-state index in [-0.39, 0.29) is 11.7 Å². The quantitative estimate of drug-likeness (QED) is 0.753. The first-order valence-corrected chi connectivity index (χ1v) is 8.26. The first-order chi connectivity index (χ1) is 11.6. The summed E-state index contributed by atoms with van der Waals surface area (Å²) in [5.74, 6) is 0.159. The van der Waals surface area contributed by atoms with Crippen LogP contribution in [0.5, 0.6) is 0 Å². The number of carbonyl (C=O) groups excluding carboxylic acids is 2. The molecule has 0 radical (unpaired) electrons. The second-order valence-electron chi connectivity index (χ2n) is 5.71. The van der Waals surface area contributed by atoms with Crippen molar-refractivity contribution in [2.45, 2.75) is 26.8 Å². The Morgan fingerprint density at radius 3 is 2.46 bits per heavy atom. The standard InChI is InChI=1S/C20H24N2O2/c1-3-22(15-17-8-5-4-6-9-17)20(24)12-13-21-19-11-7-10-18(14-19)16(2)23/h4-11,14,21H,3,12-13,15H2,1-2H3. The maximum Gasteiger partial charge on any atom is 0.224 e. The Hall–Kier alpha value is -2.62. The van der Waals surface area contributed by atoms with Gasteiger partial charge in [-0.15, -0.1) is 0 Å². The molecule has 0 bridgehead atoms. The zero-order chi connectivity index (χ0) is 17.4. The van der Waals surface area contributed by atoms with E-state index in [1.165, 1.54) is 0 Å². The van der Waals surface area contributed by atoms with Crippen LogP contribution < -0.4 is 5.32 Å². The molecule has 0 spiro atoms. The molecule has 1 amide bonds. The molecule has 0 saturated carbocycles. The van der Waals surface area contributed by atoms with Gasteiger partial charge in [0.1, 0.15) is 0 Å². The first-order valence-electron chi connectivity index (χ1n) is 8.26. The van der Waals surface area contributed by atoms with E-state index in [0.717, 1.165) is 11.3 Å². The normalized spacial score (nSPS) is 10.2. The van der Waals surface area contributed by atoms with Crippen LogP contribution >= 0.6 is 0 Å². The summed E-state index contributed by atoms with van der Waals surface area (Å²) in [5.41, 5.74) is 2.67. The Bertz CT molecular complexity index is 683. The fourth-order valence-electron chi connectivity index (χ4n) is 2.50. The van der Waals surface area contributed by atoms with E-state index in [1.54, 1.807) is 13.0 Å². The minimum atomic E-state index is 0.0368. The molecule has 0 aliphatic rings. The van der Waals surface area contributed by atoms with Gasteiger partial charge in [-0.3, -0.25) is 9.59 Å². The van der Waals surface area contributed by atoms with Gasteiger partial charge in [-0.1, -0.05) is 42.5 Å². The zero-order valence-electron chi connectivity index (χ0n) is 14.3. The van der Waals surface area contributed by atoms with Gasteiger partial charge in [0.2, 0.25) is 5.91 Å². The Morgan fingerprint density at radius 2 is 1.79 bits per heavy atom. The van der Waals surface area contributed by atoms with Crippen LogP contribution in [0.15, 0.2) is 54.6 Å². The number of carbonyl (C=O) groups is 2. The lowest BCUT2D eigenvalue weighted by atomic mass is 10.1. The molecule has 2 aromatic rings. The molecule has 2 rings (SSSR count). The number of benzene rings is 2. The number of rotatable bonds is 8. The molecule has 0 aliphatic carbocycles. The third-order valence-electron chi connectivity index (χ3n) is 3.89. The fourth-order valence-corrected chi connectivity index (χ4v) is 2.50. The lowest BCUT2D eigenvalue weighted by Gasteiger charge is -2.21. The second kappa shape index (κ2) is 8.87. The highest BCUT2D eigenvalue weighted by Crippen LogP contribution is 2.12. The number of Topliss-reactive ketones (excluding diaryl/α,β-unsaturated/α-hetero) is 1. The van der Waals surface area contributed by atoms with Crippen molar-refractivity contribution in [3.8, 4) is 0 Å². The summed E-state index contributed by atoms with van der Waals surface area (Å²) in [6.07, 6.45) is 0.422. The highest BCUT2D eigenvalue weighted by atomic mass is 16.2. The van der Waals surface area contributed by atoms with Gasteiger partial charge in [-0.2, -0.15) is 0 Å². The molecule has 2 aromatic carbocycles. The number of hydrogen-bond acceptors (Lipinski definition) is 3. The SMILES string of the molecule is CCN(Cc1ccccc1)C(=O)CCNc1cccc(C(C)=O)c1. The molecule has 0 saturated heterocycles. The molecule has 4 heteroatoms. The highest BCUT2D eigenvalue weighted by molar-refractivity contribution is 5.94. The molecule has 1 N–H and O–H groups in total. The van der Waals surface area contributed by atoms with Gasteiger partial charge < -0.3 is 10.2 Å². The van der Waals surface area contributed by atoms with Crippen molar-refractivity contribution >= 4 is 17.4 Å². The number of ketones is 1. The second-order valence-corrected chi connectivity index (χ2v) is 5.71. The molecule has 0 aromatic heterocycles. The van der Waals surface area contributed by atoms with Gasteiger partial charge in [-0.25, -0.2) is 0 Å². The maximum atomic E-state index is 12.4. The Labute approximate surface area is 143 Å². The predicted octanol–water partition coefficient (Wildman–Crippen LogP) is 3.74. The smallest absolute Gasteiger partial charge is 0.224 e. The highest BCUT2D eigenvalue weighted by Gasteiger charge is 2.11. The van der Waals surface area contributed by atoms with Crippen LogP contribution in [0.1, 0.15) is 36.2 Å². The molecule has 126 valence electrons. The molecule has 0 fully saturated rings. The van der Waals surface area contributed by atoms with E-state index in [4.69, 9.17) is 0 Å². The van der Waals surface area contributed by atoms with Crippen molar-refractivity contribution in [2.24, 2.45) is 0 Å². The molecule has 24 heavy (non-hydrogen) atoms. The maximum absolute atomic E-state index is 12.4. The molecule has 0 heterocycles. The van der Waals surface area contributed by atoms with E-state index < -0.39 is 0 Å². The number of amides is 1. The summed E-state index contributed by atoms with van der Waals surface area (Å²) >= 11 is 0. The van der Waals surface area contributed by atoms with Crippen molar-refractivity contribution < 1.29 is 9.59 Å². The van der Waals surface area contributed by atoms with Crippen LogP contribution in [0.25, 0.3) is 0 Å². The summed E-state index contributed by atoms with van der Waals surface area (Å²) in [7, 11) is 0. The zero-order valence-corrected chi connectivity index (χ0v) is 14.3. The summed E-state index contributed by atoms with van der Waals surface area (Å²) in [6.45, 7) is 5.41. The van der Waals surface area contributed by atoms with Crippen LogP contribution in [-0.2, 0) is 11.3 Å². The average molecular weight is 324 g/mol. The molecular weight excluding hydrogens is 300 g/mol. The largest absolute Gasteiger partial charge is 0.385 e. The average Bonchev–Trinajstić information content (AvgIpc) is 2.60. The fraction of sp³-hybridized carbons (Fsp3) is 0.300. The number of nitrogens with one attached hydrogen (secondary N) is 1. The lowest BCUT2D eigenvalue weighted by molar-refractivity contribution is -0.131. The van der Waals surface area contributed by atoms with Crippen LogP contribution in [-0.4, -0.2) is 29.7 Å². The topological polar surface area (TPSA) is 49.4 Å². The van der Waals surface area contributed by atoms with Gasteiger partial charge in [-0.05, 0) is 31.5 Å². The summed E-state index contributed by atoms with van der Waals surface area (Å²) in [6, 6.07) is 17.3. The van der Waals surface area contributed by atoms with Crippen LogP contribution in [0.4, 0.5) is 5.69 Å². The summed E-state index contributed by atoms with van der Waals surface area (Å²) < 4.78 is 0. The van der Waals surface area contributed by atoms with Crippen molar-refractivity contribution in [1.29, 1.82) is 0 Å². The third kappa shape index (κ3) is 5.23. The molecule has 0 aliphatic heterocycles. The van der Waals surface area contributed by atoms with Gasteiger partial charge in [0, 0.05) is 37.3 Å². The summed E-state index contributed by atoms with van der Waals surface area (Å²) in [4.78, 5) is 25.6. The van der Waals surface area contributed by atoms with E-state index in [0.29, 0.717) is 31.6 Å². The molecular formula is C20H24N2O2. The predicted molar refractivity (Wildman–Crippen MR) is 97.1 cm³/mol. The van der Waals surface area contributed by atoms with Crippen molar-refractivity contribution in [1.82, 2.24) is 4.90 Å². The van der Waals surface area contributed by atoms with Crippen LogP contribution in [0, 0.1) is 0 Å². The lowest BCUT2D eigenvalue weighted by Crippen LogP contribution is -2.31. The van der Waals surface area contributed by atoms with E-state index in [1.807, 2.05) is 60.4 Å². The minimum absolute atomic E-state index is 0.0368. The van der Waals surface area contributed by atoms with Gasteiger partial charge in [0.05, 0.1) is 0 Å². The molecule has 0 atom stereocenters. The monoisotopic (exact) mass is 324 g/mol. The van der Waals surface area contributed by atoms with Crippen LogP contribution in [0.3, 0.4) is 0 Å². The number of hydrogen-bond donors (Lipinski definition) is 1. The van der Waals surface area contributed by atoms with E-state index in [2.05, 4.69) is 5.32 Å². The van der Waals surface area contributed by atoms with Crippen molar-refractivity contribution in [3.05, 3.63) is 65.7 Å². The van der Waals surface area contributed by atoms with E-state index in [9.17, 15) is 9.59 Å². The number of nitrogens with zero attached hydrogens (tertiary/aromatic N) is 1. The van der Waals surface area contributed by atoms with Crippen molar-refractivity contribution in [2.75, 3.05) is 18.4 Å². The minimum Gasteiger partial charge on any atom is -0.385 e. The van der Waals surface area contributed by atoms with E-state index >= 15 is 0 Å².